The van der Waals surface area contributed by atoms with E-state index in [1.54, 1.807) is 0 Å². The van der Waals surface area contributed by atoms with Crippen LogP contribution in [0.1, 0.15) is 0 Å². The van der Waals surface area contributed by atoms with Crippen LogP contribution >= 0.6 is 0 Å². The van der Waals surface area contributed by atoms with Gasteiger partial charge in [0, 0.05) is 26.2 Å². The van der Waals surface area contributed by atoms with Crippen molar-refractivity contribution < 1.29 is 30.3 Å². The Kier molecular flexibility index (Phi) is 9.98. The Labute approximate surface area is 105 Å². The summed E-state index contributed by atoms with van der Waals surface area (Å²) in [5, 5.41) is 50.0. The van der Waals surface area contributed by atoms with Gasteiger partial charge in [0.2, 0.25) is 0 Å². The van der Waals surface area contributed by atoms with E-state index < -0.39 is 31.0 Å². The number of piperazine rings is 1. The van der Waals surface area contributed by atoms with Crippen molar-refractivity contribution in [2.75, 3.05) is 32.8 Å². The summed E-state index contributed by atoms with van der Waals surface area (Å²) in [6.45, 7) is 3.80. The highest BCUT2D eigenvalue weighted by molar-refractivity contribution is 5.56. The highest BCUT2D eigenvalue weighted by Crippen LogP contribution is 2.02. The molecule has 4 atom stereocenters. The van der Waals surface area contributed by atoms with Crippen LogP contribution in [-0.4, -0.2) is 89.0 Å². The minimum absolute atomic E-state index is 0.0258. The molecule has 0 amide bonds. The van der Waals surface area contributed by atoms with E-state index >= 15 is 0 Å². The number of aliphatic hydroxyl groups excluding tert-OH is 5. The van der Waals surface area contributed by atoms with Gasteiger partial charge in [-0.05, 0) is 0 Å². The van der Waals surface area contributed by atoms with Gasteiger partial charge < -0.3 is 41.0 Å². The average Bonchev–Trinajstić information content (AvgIpc) is 2.46. The van der Waals surface area contributed by atoms with Gasteiger partial charge in [-0.2, -0.15) is 0 Å². The molecule has 1 aliphatic rings. The van der Waals surface area contributed by atoms with Crippen molar-refractivity contribution in [2.45, 2.75) is 24.4 Å². The third kappa shape index (κ3) is 6.97. The van der Waals surface area contributed by atoms with Crippen LogP contribution in [-0.2, 0) is 4.79 Å². The van der Waals surface area contributed by atoms with Gasteiger partial charge >= 0.3 is 0 Å². The lowest BCUT2D eigenvalue weighted by Gasteiger charge is -2.22. The van der Waals surface area contributed by atoms with Crippen molar-refractivity contribution in [1.82, 2.24) is 10.6 Å². The molecule has 0 saturated carbocycles. The first-order chi connectivity index (χ1) is 8.54. The molecule has 1 saturated heterocycles. The predicted molar refractivity (Wildman–Crippen MR) is 62.9 cm³/mol. The van der Waals surface area contributed by atoms with Gasteiger partial charge in [-0.3, -0.25) is 0 Å². The summed E-state index contributed by atoms with van der Waals surface area (Å²) in [6, 6.07) is 0. The molecule has 0 unspecified atom stereocenters. The van der Waals surface area contributed by atoms with Crippen LogP contribution in [0.2, 0.25) is 0 Å². The van der Waals surface area contributed by atoms with Gasteiger partial charge in [-0.25, -0.2) is 0 Å². The Hall–Kier alpha value is -0.610. The summed E-state index contributed by atoms with van der Waals surface area (Å²) >= 11 is 0. The lowest BCUT2D eigenvalue weighted by Crippen LogP contribution is -2.46. The fourth-order valence-corrected chi connectivity index (χ4v) is 1.22. The molecule has 0 radical (unpaired) electrons. The van der Waals surface area contributed by atoms with Crippen LogP contribution in [0.3, 0.4) is 0 Å². The van der Waals surface area contributed by atoms with Crippen molar-refractivity contribution in [3.8, 4) is 0 Å². The van der Waals surface area contributed by atoms with E-state index in [0.29, 0.717) is 0 Å². The predicted octanol–water partition coefficient (Wildman–Crippen LogP) is -4.20. The molecular weight excluding hydrogens is 244 g/mol. The zero-order valence-corrected chi connectivity index (χ0v) is 10.1. The zero-order chi connectivity index (χ0) is 14.0. The van der Waals surface area contributed by atoms with E-state index in [0.717, 1.165) is 26.2 Å². The minimum atomic E-state index is -1.79. The molecule has 0 aromatic heterocycles. The molecule has 8 heteroatoms. The van der Waals surface area contributed by atoms with Crippen LogP contribution < -0.4 is 10.6 Å². The van der Waals surface area contributed by atoms with Crippen LogP contribution in [0.4, 0.5) is 0 Å². The Balaban J connectivity index is 0.000000397. The average molecular weight is 266 g/mol. The van der Waals surface area contributed by atoms with Crippen molar-refractivity contribution in [3.05, 3.63) is 0 Å². The quantitative estimate of drug-likeness (QED) is 0.248. The maximum absolute atomic E-state index is 9.90. The van der Waals surface area contributed by atoms with E-state index in [4.69, 9.17) is 25.5 Å². The first-order valence-electron chi connectivity index (χ1n) is 5.74. The number of aldehydes is 1. The fraction of sp³-hybridized carbons (Fsp3) is 0.900. The van der Waals surface area contributed by atoms with Crippen molar-refractivity contribution in [1.29, 1.82) is 0 Å². The second-order valence-electron chi connectivity index (χ2n) is 3.86. The van der Waals surface area contributed by atoms with E-state index in [1.807, 2.05) is 0 Å². The maximum atomic E-state index is 9.90. The van der Waals surface area contributed by atoms with Gasteiger partial charge in [-0.15, -0.1) is 0 Å². The second kappa shape index (κ2) is 10.3. The third-order valence-electron chi connectivity index (χ3n) is 2.38. The van der Waals surface area contributed by atoms with E-state index in [9.17, 15) is 4.79 Å². The van der Waals surface area contributed by atoms with Crippen molar-refractivity contribution in [3.63, 3.8) is 0 Å². The lowest BCUT2D eigenvalue weighted by atomic mass is 10.0. The Morgan fingerprint density at radius 2 is 1.39 bits per heavy atom. The molecule has 0 aromatic carbocycles. The first kappa shape index (κ1) is 17.4. The second-order valence-corrected chi connectivity index (χ2v) is 3.86. The van der Waals surface area contributed by atoms with E-state index in [-0.39, 0.29) is 6.29 Å². The van der Waals surface area contributed by atoms with Crippen LogP contribution in [0.15, 0.2) is 0 Å². The van der Waals surface area contributed by atoms with Gasteiger partial charge in [0.05, 0.1) is 6.61 Å². The number of hydrogen-bond acceptors (Lipinski definition) is 8. The fourth-order valence-electron chi connectivity index (χ4n) is 1.22. The van der Waals surface area contributed by atoms with E-state index in [1.165, 1.54) is 0 Å². The summed E-state index contributed by atoms with van der Waals surface area (Å²) in [7, 11) is 0. The number of carbonyl (C=O) groups excluding carboxylic acids is 1. The largest absolute Gasteiger partial charge is 0.394 e. The highest BCUT2D eigenvalue weighted by Gasteiger charge is 2.29. The van der Waals surface area contributed by atoms with Gasteiger partial charge in [0.15, 0.2) is 6.29 Å². The topological polar surface area (TPSA) is 142 Å². The molecule has 1 aliphatic heterocycles. The summed E-state index contributed by atoms with van der Waals surface area (Å²) in [5.41, 5.74) is 0. The Bertz CT molecular complexity index is 203. The number of aliphatic hydroxyl groups is 5. The lowest BCUT2D eigenvalue weighted by molar-refractivity contribution is -0.136. The molecule has 7 N–H and O–H groups in total. The third-order valence-corrected chi connectivity index (χ3v) is 2.38. The van der Waals surface area contributed by atoms with Gasteiger partial charge in [-0.1, -0.05) is 0 Å². The number of hydrogen-bond donors (Lipinski definition) is 7. The summed E-state index contributed by atoms with van der Waals surface area (Å²) in [4.78, 5) is 9.90. The summed E-state index contributed by atoms with van der Waals surface area (Å²) < 4.78 is 0. The normalized spacial score (nSPS) is 22.1. The number of nitrogens with one attached hydrogen (secondary N) is 2. The molecule has 8 nitrogen and oxygen atoms in total. The Morgan fingerprint density at radius 3 is 1.67 bits per heavy atom. The first-order valence-corrected chi connectivity index (χ1v) is 5.74. The standard InChI is InChI=1S/C6H12O6.C4H10N2/c7-1-3(9)5(11)6(12)4(10)2-8;1-2-6-4-3-5-1/h1,3-6,8-12H,2H2;5-6H,1-4H2/t3-,4+,5+,6+;/m0./s1. The van der Waals surface area contributed by atoms with E-state index in [2.05, 4.69) is 10.6 Å². The van der Waals surface area contributed by atoms with Crippen LogP contribution in [0.5, 0.6) is 0 Å². The smallest absolute Gasteiger partial charge is 0.151 e. The maximum Gasteiger partial charge on any atom is 0.151 e. The molecule has 18 heavy (non-hydrogen) atoms. The monoisotopic (exact) mass is 266 g/mol. The summed E-state index contributed by atoms with van der Waals surface area (Å²) in [6.07, 6.45) is -6.84. The minimum Gasteiger partial charge on any atom is -0.394 e. The summed E-state index contributed by atoms with van der Waals surface area (Å²) in [5.74, 6) is 0. The number of carbonyl (C=O) groups is 1. The number of rotatable bonds is 5. The highest BCUT2D eigenvalue weighted by atomic mass is 16.4. The molecule has 0 spiro atoms. The SMILES string of the molecule is C1CNCCN1.O=C[C@H](O)[C@@H](O)[C@H](O)[C@H](O)CO. The van der Waals surface area contributed by atoms with Gasteiger partial charge in [0.1, 0.15) is 24.4 Å². The molecule has 0 aliphatic carbocycles. The molecule has 108 valence electrons. The Morgan fingerprint density at radius 1 is 0.944 bits per heavy atom. The molecule has 0 bridgehead atoms. The van der Waals surface area contributed by atoms with Crippen LogP contribution in [0.25, 0.3) is 0 Å². The molecule has 1 fully saturated rings. The molecule has 1 heterocycles. The molecule has 0 aromatic rings. The van der Waals surface area contributed by atoms with Crippen molar-refractivity contribution >= 4 is 6.29 Å². The molecular formula is C10H22N2O6. The van der Waals surface area contributed by atoms with Crippen LogP contribution in [0, 0.1) is 0 Å². The zero-order valence-electron chi connectivity index (χ0n) is 10.1. The molecule has 1 rings (SSSR count). The van der Waals surface area contributed by atoms with Crippen molar-refractivity contribution in [2.24, 2.45) is 0 Å². The van der Waals surface area contributed by atoms with Gasteiger partial charge in [0.25, 0.3) is 0 Å².